The molecule has 1 aliphatic heterocycles. The van der Waals surface area contributed by atoms with Gasteiger partial charge in [-0.3, -0.25) is 4.79 Å². The first-order valence-electron chi connectivity index (χ1n) is 8.54. The zero-order valence-corrected chi connectivity index (χ0v) is 15.2. The monoisotopic (exact) mass is 338 g/mol. The van der Waals surface area contributed by atoms with Crippen LogP contribution in [-0.4, -0.2) is 11.5 Å². The summed E-state index contributed by atoms with van der Waals surface area (Å²) in [5, 5.41) is 2.99. The van der Waals surface area contributed by atoms with Crippen molar-refractivity contribution in [2.24, 2.45) is 0 Å². The van der Waals surface area contributed by atoms with E-state index in [0.29, 0.717) is 0 Å². The summed E-state index contributed by atoms with van der Waals surface area (Å²) in [4.78, 5) is 20.1. The third-order valence-electron chi connectivity index (χ3n) is 5.16. The van der Waals surface area contributed by atoms with E-state index in [1.54, 1.807) is 0 Å². The van der Waals surface area contributed by atoms with Crippen LogP contribution in [0.3, 0.4) is 0 Å². The lowest BCUT2D eigenvalue weighted by Crippen LogP contribution is -2.30. The zero-order valence-electron chi connectivity index (χ0n) is 14.4. The molecule has 0 radical (unpaired) electrons. The van der Waals surface area contributed by atoms with Crippen molar-refractivity contribution in [3.05, 3.63) is 61.1 Å². The summed E-state index contributed by atoms with van der Waals surface area (Å²) in [6.07, 6.45) is 1.94. The Morgan fingerprint density at radius 1 is 1.29 bits per heavy atom. The summed E-state index contributed by atoms with van der Waals surface area (Å²) in [5.41, 5.74) is 6.85. The van der Waals surface area contributed by atoms with E-state index >= 15 is 0 Å². The van der Waals surface area contributed by atoms with Gasteiger partial charge in [0.05, 0.1) is 0 Å². The molecule has 4 heteroatoms. The van der Waals surface area contributed by atoms with Gasteiger partial charge in [0, 0.05) is 45.8 Å². The minimum Gasteiger partial charge on any atom is -0.367 e. The molecular formula is C20H22N2OS. The van der Waals surface area contributed by atoms with Gasteiger partial charge in [0.2, 0.25) is 0 Å². The Bertz CT molecular complexity index is 983. The second-order valence-electron chi connectivity index (χ2n) is 6.64. The standard InChI is InChI=1S/C20H22N2OS/c1-4-16-13(3)20(23)15-10-18(12(2)9-17(15)21-16)22-7-5-19-14(11-22)6-8-24-19/h6,8-10H,4-5,7,11H2,1-3H3,(H,21,23). The maximum absolute atomic E-state index is 12.8. The number of fused-ring (bicyclic) bond motifs is 2. The van der Waals surface area contributed by atoms with Crippen molar-refractivity contribution < 1.29 is 0 Å². The van der Waals surface area contributed by atoms with Crippen LogP contribution >= 0.6 is 11.3 Å². The number of nitrogens with one attached hydrogen (secondary N) is 1. The van der Waals surface area contributed by atoms with Crippen LogP contribution in [-0.2, 0) is 19.4 Å². The Balaban J connectivity index is 1.84. The first kappa shape index (κ1) is 15.5. The molecule has 1 N–H and O–H groups in total. The van der Waals surface area contributed by atoms with Crippen molar-refractivity contribution in [1.29, 1.82) is 0 Å². The van der Waals surface area contributed by atoms with E-state index in [0.717, 1.165) is 48.1 Å². The Morgan fingerprint density at radius 2 is 2.12 bits per heavy atom. The van der Waals surface area contributed by atoms with Crippen molar-refractivity contribution in [3.63, 3.8) is 0 Å². The second kappa shape index (κ2) is 5.78. The van der Waals surface area contributed by atoms with Gasteiger partial charge >= 0.3 is 0 Å². The Morgan fingerprint density at radius 3 is 2.92 bits per heavy atom. The number of anilines is 1. The van der Waals surface area contributed by atoms with Gasteiger partial charge < -0.3 is 9.88 Å². The second-order valence-corrected chi connectivity index (χ2v) is 7.64. The maximum atomic E-state index is 12.8. The highest BCUT2D eigenvalue weighted by molar-refractivity contribution is 7.10. The quantitative estimate of drug-likeness (QED) is 0.755. The van der Waals surface area contributed by atoms with Crippen LogP contribution in [0.5, 0.6) is 0 Å². The molecule has 0 saturated carbocycles. The highest BCUT2D eigenvalue weighted by Gasteiger charge is 2.20. The van der Waals surface area contributed by atoms with Gasteiger partial charge in [-0.1, -0.05) is 6.92 Å². The lowest BCUT2D eigenvalue weighted by atomic mass is 10.0. The molecule has 24 heavy (non-hydrogen) atoms. The number of aromatic amines is 1. The topological polar surface area (TPSA) is 36.1 Å². The van der Waals surface area contributed by atoms with Gasteiger partial charge in [0.25, 0.3) is 0 Å². The lowest BCUT2D eigenvalue weighted by Gasteiger charge is -2.30. The number of aryl methyl sites for hydroxylation is 2. The van der Waals surface area contributed by atoms with E-state index in [1.165, 1.54) is 21.7 Å². The van der Waals surface area contributed by atoms with Crippen molar-refractivity contribution in [3.8, 4) is 0 Å². The molecule has 1 aromatic carbocycles. The molecule has 3 aromatic rings. The number of thiophene rings is 1. The summed E-state index contributed by atoms with van der Waals surface area (Å²) in [7, 11) is 0. The van der Waals surface area contributed by atoms with Crippen molar-refractivity contribution in [2.45, 2.75) is 40.2 Å². The van der Waals surface area contributed by atoms with Crippen LogP contribution in [0.4, 0.5) is 5.69 Å². The highest BCUT2D eigenvalue weighted by Crippen LogP contribution is 2.31. The van der Waals surface area contributed by atoms with Gasteiger partial charge in [-0.2, -0.15) is 0 Å². The number of benzene rings is 1. The van der Waals surface area contributed by atoms with E-state index in [-0.39, 0.29) is 5.43 Å². The lowest BCUT2D eigenvalue weighted by molar-refractivity contribution is 0.742. The largest absolute Gasteiger partial charge is 0.367 e. The predicted molar refractivity (Wildman–Crippen MR) is 102 cm³/mol. The molecule has 124 valence electrons. The van der Waals surface area contributed by atoms with Crippen LogP contribution in [0.25, 0.3) is 10.9 Å². The molecule has 3 nitrogen and oxygen atoms in total. The number of hydrogen-bond acceptors (Lipinski definition) is 3. The van der Waals surface area contributed by atoms with E-state index in [1.807, 2.05) is 18.3 Å². The fraction of sp³-hybridized carbons (Fsp3) is 0.350. The fourth-order valence-electron chi connectivity index (χ4n) is 3.73. The van der Waals surface area contributed by atoms with Crippen LogP contribution in [0.2, 0.25) is 0 Å². The molecule has 0 unspecified atom stereocenters. The maximum Gasteiger partial charge on any atom is 0.192 e. The summed E-state index contributed by atoms with van der Waals surface area (Å²) in [6.45, 7) is 8.10. The Hall–Kier alpha value is -2.07. The van der Waals surface area contributed by atoms with E-state index in [2.05, 4.69) is 47.3 Å². The van der Waals surface area contributed by atoms with Crippen molar-refractivity contribution in [2.75, 3.05) is 11.4 Å². The first-order valence-corrected chi connectivity index (χ1v) is 9.42. The average molecular weight is 338 g/mol. The molecule has 0 amide bonds. The Labute approximate surface area is 146 Å². The minimum atomic E-state index is 0.162. The minimum absolute atomic E-state index is 0.162. The van der Waals surface area contributed by atoms with Crippen LogP contribution in [0.1, 0.15) is 34.2 Å². The smallest absolute Gasteiger partial charge is 0.192 e. The molecule has 4 rings (SSSR count). The van der Waals surface area contributed by atoms with Crippen LogP contribution in [0, 0.1) is 13.8 Å². The van der Waals surface area contributed by atoms with Crippen molar-refractivity contribution >= 4 is 27.9 Å². The van der Waals surface area contributed by atoms with Gasteiger partial charge in [-0.05, 0) is 61.4 Å². The summed E-state index contributed by atoms with van der Waals surface area (Å²) < 4.78 is 0. The van der Waals surface area contributed by atoms with Crippen LogP contribution < -0.4 is 10.3 Å². The molecule has 0 atom stereocenters. The molecular weight excluding hydrogens is 316 g/mol. The van der Waals surface area contributed by atoms with Crippen LogP contribution in [0.15, 0.2) is 28.4 Å². The normalized spacial score (nSPS) is 14.2. The SMILES string of the molecule is CCc1[nH]c2cc(C)c(N3CCc4sccc4C3)cc2c(=O)c1C. The first-order chi connectivity index (χ1) is 11.6. The molecule has 0 spiro atoms. The molecule has 3 heterocycles. The molecule has 2 aromatic heterocycles. The fourth-order valence-corrected chi connectivity index (χ4v) is 4.62. The number of rotatable bonds is 2. The van der Waals surface area contributed by atoms with E-state index in [9.17, 15) is 4.79 Å². The number of nitrogens with zero attached hydrogens (tertiary/aromatic N) is 1. The Kier molecular flexibility index (Phi) is 3.72. The number of hydrogen-bond donors (Lipinski definition) is 1. The van der Waals surface area contributed by atoms with E-state index < -0.39 is 0 Å². The molecule has 1 aliphatic rings. The van der Waals surface area contributed by atoms with Gasteiger partial charge in [0.1, 0.15) is 0 Å². The summed E-state index contributed by atoms with van der Waals surface area (Å²) >= 11 is 1.86. The predicted octanol–water partition coefficient (Wildman–Crippen LogP) is 4.33. The highest BCUT2D eigenvalue weighted by atomic mass is 32.1. The third kappa shape index (κ3) is 2.37. The summed E-state index contributed by atoms with van der Waals surface area (Å²) in [6, 6.07) is 6.45. The van der Waals surface area contributed by atoms with Gasteiger partial charge in [-0.25, -0.2) is 0 Å². The van der Waals surface area contributed by atoms with Gasteiger partial charge in [-0.15, -0.1) is 11.3 Å². The van der Waals surface area contributed by atoms with E-state index in [4.69, 9.17) is 0 Å². The number of H-pyrrole nitrogens is 1. The third-order valence-corrected chi connectivity index (χ3v) is 6.18. The molecule has 0 bridgehead atoms. The molecule has 0 aliphatic carbocycles. The average Bonchev–Trinajstić information content (AvgIpc) is 3.05. The number of aromatic nitrogens is 1. The van der Waals surface area contributed by atoms with Crippen molar-refractivity contribution in [1.82, 2.24) is 4.98 Å². The zero-order chi connectivity index (χ0) is 16.8. The van der Waals surface area contributed by atoms with Gasteiger partial charge in [0.15, 0.2) is 5.43 Å². The molecule has 0 saturated heterocycles. The summed E-state index contributed by atoms with van der Waals surface area (Å²) in [5.74, 6) is 0. The molecule has 0 fully saturated rings. The number of pyridine rings is 1.